The molecule has 0 aromatic heterocycles. The van der Waals surface area contributed by atoms with Crippen molar-refractivity contribution in [2.45, 2.75) is 46.5 Å². The van der Waals surface area contributed by atoms with Gasteiger partial charge in [0.05, 0.1) is 20.7 Å². The molecule has 0 bridgehead atoms. The van der Waals surface area contributed by atoms with Crippen LogP contribution in [0.5, 0.6) is 0 Å². The summed E-state index contributed by atoms with van der Waals surface area (Å²) in [5.41, 5.74) is 0.658. The molecule has 0 saturated heterocycles. The van der Waals surface area contributed by atoms with Gasteiger partial charge < -0.3 is 10.1 Å². The Kier molecular flexibility index (Phi) is 5.33. The van der Waals surface area contributed by atoms with Crippen molar-refractivity contribution in [1.29, 1.82) is 0 Å². The number of nitrogens with one attached hydrogen (secondary N) is 1. The van der Waals surface area contributed by atoms with Crippen LogP contribution < -0.4 is 5.32 Å². The van der Waals surface area contributed by atoms with Crippen LogP contribution in [0.2, 0.25) is 19.6 Å². The predicted octanol–water partition coefficient (Wildman–Crippen LogP) is 2.43. The average Bonchev–Trinajstić information content (AvgIpc) is 2.29. The van der Waals surface area contributed by atoms with E-state index in [1.165, 1.54) is 12.1 Å². The van der Waals surface area contributed by atoms with Gasteiger partial charge in [0.25, 0.3) is 0 Å². The van der Waals surface area contributed by atoms with Gasteiger partial charge in [-0.2, -0.15) is 0 Å². The Morgan fingerprint density at radius 2 is 1.95 bits per heavy atom. The summed E-state index contributed by atoms with van der Waals surface area (Å²) in [5, 5.41) is 4.10. The second kappa shape index (κ2) is 6.39. The van der Waals surface area contributed by atoms with Crippen LogP contribution in [0, 0.1) is 5.92 Å². The minimum atomic E-state index is -1.56. The maximum Gasteiger partial charge on any atom is 0.334 e. The lowest BCUT2D eigenvalue weighted by Gasteiger charge is -2.31. The largest absolute Gasteiger partial charge is 0.463 e. The summed E-state index contributed by atoms with van der Waals surface area (Å²) >= 11 is 0. The number of hydrogen-bond donors (Lipinski definition) is 1. The van der Waals surface area contributed by atoms with E-state index in [1.54, 1.807) is 6.92 Å². The fraction of sp³-hybridized carbons (Fsp3) is 0.600. The van der Waals surface area contributed by atoms with Crippen molar-refractivity contribution in [3.8, 4) is 0 Å². The van der Waals surface area contributed by atoms with Crippen molar-refractivity contribution in [2.75, 3.05) is 6.61 Å². The van der Waals surface area contributed by atoms with E-state index in [2.05, 4.69) is 31.0 Å². The van der Waals surface area contributed by atoms with E-state index in [1.807, 2.05) is 13.0 Å². The van der Waals surface area contributed by atoms with E-state index in [0.29, 0.717) is 12.2 Å². The number of hydrogen-bond acceptors (Lipinski definition) is 3. The van der Waals surface area contributed by atoms with E-state index >= 15 is 0 Å². The Balaban J connectivity index is 3.15. The molecule has 0 aliphatic heterocycles. The number of allylic oxidation sites excluding steroid dienone is 2. The monoisotopic (exact) mass is 295 g/mol. The minimum Gasteiger partial charge on any atom is -0.463 e. The standard InChI is InChI=1S/C15H25NO3Si/c1-7-19-15(18)13-8-12(20(4,5)6)9-14(10(13)2)16-11(3)17/h8-10,14H,7H2,1-6H3,(H,16,17)/t10-,14+/m1/s1. The number of carbonyl (C=O) groups excluding carboxylic acids is 2. The third-order valence-electron chi connectivity index (χ3n) is 3.45. The molecule has 0 heterocycles. The van der Waals surface area contributed by atoms with Crippen LogP contribution >= 0.6 is 0 Å². The van der Waals surface area contributed by atoms with Crippen LogP contribution in [0.1, 0.15) is 20.8 Å². The summed E-state index contributed by atoms with van der Waals surface area (Å²) in [6.45, 7) is 12.3. The van der Waals surface area contributed by atoms with Gasteiger partial charge >= 0.3 is 5.97 Å². The van der Waals surface area contributed by atoms with Crippen LogP contribution in [-0.2, 0) is 14.3 Å². The summed E-state index contributed by atoms with van der Waals surface area (Å²) in [4.78, 5) is 23.4. The summed E-state index contributed by atoms with van der Waals surface area (Å²) in [5.74, 6) is -0.435. The van der Waals surface area contributed by atoms with Gasteiger partial charge in [-0.05, 0) is 6.92 Å². The van der Waals surface area contributed by atoms with Crippen molar-refractivity contribution < 1.29 is 14.3 Å². The third kappa shape index (κ3) is 4.06. The number of rotatable bonds is 4. The lowest BCUT2D eigenvalue weighted by Crippen LogP contribution is -2.42. The molecule has 0 unspecified atom stereocenters. The average molecular weight is 295 g/mol. The number of amides is 1. The molecular formula is C15H25NO3Si. The van der Waals surface area contributed by atoms with Gasteiger partial charge in [-0.3, -0.25) is 4.79 Å². The van der Waals surface area contributed by atoms with Gasteiger partial charge in [0.15, 0.2) is 0 Å². The lowest BCUT2D eigenvalue weighted by molar-refractivity contribution is -0.139. The fourth-order valence-corrected chi connectivity index (χ4v) is 3.47. The quantitative estimate of drug-likeness (QED) is 0.640. The van der Waals surface area contributed by atoms with E-state index in [4.69, 9.17) is 4.74 Å². The van der Waals surface area contributed by atoms with Gasteiger partial charge in [0.2, 0.25) is 5.91 Å². The minimum absolute atomic E-state index is 0.0713. The molecule has 2 atom stereocenters. The third-order valence-corrected chi connectivity index (χ3v) is 5.49. The van der Waals surface area contributed by atoms with E-state index < -0.39 is 8.07 Å². The van der Waals surface area contributed by atoms with E-state index in [9.17, 15) is 9.59 Å². The van der Waals surface area contributed by atoms with Crippen molar-refractivity contribution in [3.05, 3.63) is 22.9 Å². The molecule has 1 rings (SSSR count). The molecule has 0 aromatic rings. The van der Waals surface area contributed by atoms with Gasteiger partial charge in [0.1, 0.15) is 0 Å². The summed E-state index contributed by atoms with van der Waals surface area (Å²) < 4.78 is 5.13. The Labute approximate surface area is 122 Å². The van der Waals surface area contributed by atoms with Crippen LogP contribution in [0.15, 0.2) is 22.9 Å². The Hall–Kier alpha value is -1.36. The number of ether oxygens (including phenoxy) is 1. The predicted molar refractivity (Wildman–Crippen MR) is 82.9 cm³/mol. The SMILES string of the molecule is CCOC(=O)C1=CC([Si](C)(C)C)=C[C@H](NC(C)=O)[C@@H]1C. The molecule has 1 N–H and O–H groups in total. The topological polar surface area (TPSA) is 55.4 Å². The molecule has 1 aliphatic rings. The first kappa shape index (κ1) is 16.7. The highest BCUT2D eigenvalue weighted by atomic mass is 28.3. The van der Waals surface area contributed by atoms with Gasteiger partial charge in [-0.1, -0.05) is 43.9 Å². The maximum absolute atomic E-state index is 12.1. The summed E-state index contributed by atoms with van der Waals surface area (Å²) in [7, 11) is -1.56. The second-order valence-electron chi connectivity index (χ2n) is 6.21. The zero-order valence-corrected chi connectivity index (χ0v) is 14.2. The smallest absolute Gasteiger partial charge is 0.334 e. The molecule has 20 heavy (non-hydrogen) atoms. The molecule has 1 aliphatic carbocycles. The van der Waals surface area contributed by atoms with Gasteiger partial charge in [-0.15, -0.1) is 0 Å². The summed E-state index contributed by atoms with van der Waals surface area (Å²) in [6.07, 6.45) is 4.06. The molecule has 4 nitrogen and oxygen atoms in total. The van der Waals surface area contributed by atoms with Gasteiger partial charge in [0, 0.05) is 18.4 Å². The highest BCUT2D eigenvalue weighted by molar-refractivity contribution is 6.83. The normalized spacial score (nSPS) is 22.7. The molecule has 0 saturated carbocycles. The van der Waals surface area contributed by atoms with Crippen molar-refractivity contribution in [2.24, 2.45) is 5.92 Å². The zero-order valence-electron chi connectivity index (χ0n) is 13.2. The molecule has 0 aromatic carbocycles. The molecule has 112 valence electrons. The molecule has 0 radical (unpaired) electrons. The lowest BCUT2D eigenvalue weighted by atomic mass is 9.88. The Morgan fingerprint density at radius 1 is 1.35 bits per heavy atom. The Morgan fingerprint density at radius 3 is 2.40 bits per heavy atom. The molecule has 5 heteroatoms. The molecule has 1 amide bonds. The van der Waals surface area contributed by atoms with Crippen LogP contribution in [0.4, 0.5) is 0 Å². The highest BCUT2D eigenvalue weighted by Gasteiger charge is 2.32. The van der Waals surface area contributed by atoms with Crippen molar-refractivity contribution >= 4 is 20.0 Å². The van der Waals surface area contributed by atoms with Crippen LogP contribution in [0.3, 0.4) is 0 Å². The number of carbonyl (C=O) groups is 2. The molecular weight excluding hydrogens is 270 g/mol. The van der Waals surface area contributed by atoms with Crippen molar-refractivity contribution in [3.63, 3.8) is 0 Å². The zero-order chi connectivity index (χ0) is 15.5. The first-order chi connectivity index (χ1) is 9.16. The van der Waals surface area contributed by atoms with E-state index in [-0.39, 0.29) is 23.8 Å². The maximum atomic E-state index is 12.1. The second-order valence-corrected chi connectivity index (χ2v) is 11.3. The highest BCUT2D eigenvalue weighted by Crippen LogP contribution is 2.29. The number of esters is 1. The first-order valence-corrected chi connectivity index (χ1v) is 10.5. The Bertz CT molecular complexity index is 460. The molecule has 0 fully saturated rings. The summed E-state index contributed by atoms with van der Waals surface area (Å²) in [6, 6.07) is -0.140. The van der Waals surface area contributed by atoms with Gasteiger partial charge in [-0.25, -0.2) is 4.79 Å². The van der Waals surface area contributed by atoms with E-state index in [0.717, 1.165) is 0 Å². The molecule has 0 spiro atoms. The van der Waals surface area contributed by atoms with Crippen molar-refractivity contribution in [1.82, 2.24) is 5.32 Å². The van der Waals surface area contributed by atoms with Crippen LogP contribution in [-0.4, -0.2) is 32.6 Å². The first-order valence-electron chi connectivity index (χ1n) is 7.05. The van der Waals surface area contributed by atoms with Crippen LogP contribution in [0.25, 0.3) is 0 Å². The fourth-order valence-electron chi connectivity index (χ4n) is 2.21.